The van der Waals surface area contributed by atoms with Gasteiger partial charge in [-0.3, -0.25) is 14.9 Å². The van der Waals surface area contributed by atoms with Gasteiger partial charge in [0.05, 0.1) is 12.2 Å². The average Bonchev–Trinajstić information content (AvgIpc) is 2.79. The number of hydrogen-bond donors (Lipinski definition) is 2. The zero-order chi connectivity index (χ0) is 22.2. The summed E-state index contributed by atoms with van der Waals surface area (Å²) in [5.74, 6) is 0.00898. The van der Waals surface area contributed by atoms with Gasteiger partial charge in [0.1, 0.15) is 5.75 Å². The molecule has 2 N–H and O–H groups in total. The minimum Gasteiger partial charge on any atom is -0.493 e. The number of benzene rings is 3. The fourth-order valence-corrected chi connectivity index (χ4v) is 3.14. The number of nitrogens with one attached hydrogen (secondary N) is 2. The third kappa shape index (κ3) is 5.67. The normalized spacial score (nSPS) is 10.1. The molecule has 0 spiro atoms. The monoisotopic (exact) mass is 433 g/mol. The first-order chi connectivity index (χ1) is 15.0. The first-order valence-corrected chi connectivity index (χ1v) is 10.2. The maximum atomic E-state index is 12.7. The lowest BCUT2D eigenvalue weighted by molar-refractivity contribution is 0.0971. The predicted molar refractivity (Wildman–Crippen MR) is 127 cm³/mol. The lowest BCUT2D eigenvalue weighted by Gasteiger charge is -2.17. The Labute approximate surface area is 186 Å². The second-order valence-electron chi connectivity index (χ2n) is 6.61. The summed E-state index contributed by atoms with van der Waals surface area (Å²) < 4.78 is 5.48. The number of amides is 2. The van der Waals surface area contributed by atoms with Crippen LogP contribution in [0.1, 0.15) is 27.6 Å². The van der Waals surface area contributed by atoms with Gasteiger partial charge in [-0.1, -0.05) is 30.3 Å². The summed E-state index contributed by atoms with van der Waals surface area (Å²) >= 11 is 5.25. The van der Waals surface area contributed by atoms with E-state index in [9.17, 15) is 9.59 Å². The molecular formula is C24H23N3O3S. The Morgan fingerprint density at radius 3 is 2.26 bits per heavy atom. The van der Waals surface area contributed by atoms with Gasteiger partial charge in [0.15, 0.2) is 5.11 Å². The molecule has 31 heavy (non-hydrogen) atoms. The highest BCUT2D eigenvalue weighted by Crippen LogP contribution is 2.19. The quantitative estimate of drug-likeness (QED) is 0.561. The molecule has 0 fully saturated rings. The van der Waals surface area contributed by atoms with Gasteiger partial charge in [0, 0.05) is 24.0 Å². The van der Waals surface area contributed by atoms with Gasteiger partial charge in [-0.05, 0) is 67.7 Å². The van der Waals surface area contributed by atoms with Crippen LogP contribution in [0.4, 0.5) is 11.4 Å². The van der Waals surface area contributed by atoms with Crippen LogP contribution in [0.15, 0.2) is 78.9 Å². The SMILES string of the molecule is CCOc1ccccc1C(=O)NC(=S)Nc1ccc(C(=O)N(C)c2ccccc2)cc1. The smallest absolute Gasteiger partial charge is 0.261 e. The molecule has 0 saturated carbocycles. The summed E-state index contributed by atoms with van der Waals surface area (Å²) in [6.07, 6.45) is 0. The fraction of sp³-hybridized carbons (Fsp3) is 0.125. The zero-order valence-electron chi connectivity index (χ0n) is 17.3. The number of nitrogens with zero attached hydrogens (tertiary/aromatic N) is 1. The number of ether oxygens (including phenoxy) is 1. The van der Waals surface area contributed by atoms with Crippen LogP contribution in [0.5, 0.6) is 5.75 Å². The Hall–Kier alpha value is -3.71. The number of thiocarbonyl (C=S) groups is 1. The van der Waals surface area contributed by atoms with E-state index >= 15 is 0 Å². The second-order valence-corrected chi connectivity index (χ2v) is 7.02. The van der Waals surface area contributed by atoms with E-state index in [1.165, 1.54) is 0 Å². The molecule has 0 saturated heterocycles. The van der Waals surface area contributed by atoms with Crippen LogP contribution < -0.4 is 20.3 Å². The van der Waals surface area contributed by atoms with Crippen LogP contribution in [0.3, 0.4) is 0 Å². The molecule has 3 aromatic carbocycles. The molecule has 6 nitrogen and oxygen atoms in total. The summed E-state index contributed by atoms with van der Waals surface area (Å²) in [6, 6.07) is 23.3. The maximum absolute atomic E-state index is 12.7. The molecule has 0 bridgehead atoms. The topological polar surface area (TPSA) is 70.7 Å². The number of carbonyl (C=O) groups is 2. The van der Waals surface area contributed by atoms with Gasteiger partial charge in [-0.15, -0.1) is 0 Å². The Morgan fingerprint density at radius 1 is 0.935 bits per heavy atom. The van der Waals surface area contributed by atoms with Crippen molar-refractivity contribution in [3.05, 3.63) is 90.0 Å². The van der Waals surface area contributed by atoms with Gasteiger partial charge < -0.3 is 15.0 Å². The Morgan fingerprint density at radius 2 is 1.58 bits per heavy atom. The first-order valence-electron chi connectivity index (χ1n) is 9.77. The van der Waals surface area contributed by atoms with E-state index in [2.05, 4.69) is 10.6 Å². The van der Waals surface area contributed by atoms with Crippen molar-refractivity contribution in [3.8, 4) is 5.75 Å². The molecule has 2 amide bonds. The van der Waals surface area contributed by atoms with Crippen molar-refractivity contribution < 1.29 is 14.3 Å². The Kier molecular flexibility index (Phi) is 7.35. The first kappa shape index (κ1) is 22.0. The van der Waals surface area contributed by atoms with Crippen molar-refractivity contribution in [1.82, 2.24) is 5.32 Å². The van der Waals surface area contributed by atoms with E-state index in [4.69, 9.17) is 17.0 Å². The van der Waals surface area contributed by atoms with E-state index in [-0.39, 0.29) is 16.9 Å². The van der Waals surface area contributed by atoms with Crippen LogP contribution in [0.25, 0.3) is 0 Å². The molecule has 7 heteroatoms. The van der Waals surface area contributed by atoms with E-state index in [0.29, 0.717) is 29.2 Å². The van der Waals surface area contributed by atoms with E-state index in [1.807, 2.05) is 37.3 Å². The molecule has 0 aliphatic heterocycles. The van der Waals surface area contributed by atoms with E-state index < -0.39 is 0 Å². The van der Waals surface area contributed by atoms with Gasteiger partial charge in [-0.25, -0.2) is 0 Å². The van der Waals surface area contributed by atoms with E-state index in [1.54, 1.807) is 60.5 Å². The molecule has 158 valence electrons. The summed E-state index contributed by atoms with van der Waals surface area (Å²) in [7, 11) is 1.73. The lowest BCUT2D eigenvalue weighted by atomic mass is 10.1. The van der Waals surface area contributed by atoms with Gasteiger partial charge >= 0.3 is 0 Å². The number of rotatable bonds is 6. The maximum Gasteiger partial charge on any atom is 0.261 e. The average molecular weight is 434 g/mol. The van der Waals surface area contributed by atoms with Crippen molar-refractivity contribution in [3.63, 3.8) is 0 Å². The van der Waals surface area contributed by atoms with Crippen LogP contribution in [-0.2, 0) is 0 Å². The molecule has 0 heterocycles. The third-order valence-electron chi connectivity index (χ3n) is 4.50. The Bertz CT molecular complexity index is 1070. The summed E-state index contributed by atoms with van der Waals surface area (Å²) in [5.41, 5.74) is 2.41. The highest BCUT2D eigenvalue weighted by molar-refractivity contribution is 7.80. The van der Waals surface area contributed by atoms with Gasteiger partial charge in [0.2, 0.25) is 0 Å². The highest BCUT2D eigenvalue weighted by Gasteiger charge is 2.15. The van der Waals surface area contributed by atoms with Crippen LogP contribution >= 0.6 is 12.2 Å². The van der Waals surface area contributed by atoms with Crippen molar-refractivity contribution in [1.29, 1.82) is 0 Å². The summed E-state index contributed by atoms with van der Waals surface area (Å²) in [6.45, 7) is 2.31. The largest absolute Gasteiger partial charge is 0.493 e. The predicted octanol–water partition coefficient (Wildman–Crippen LogP) is 4.49. The number of hydrogen-bond acceptors (Lipinski definition) is 4. The summed E-state index contributed by atoms with van der Waals surface area (Å²) in [4.78, 5) is 26.8. The standard InChI is InChI=1S/C24H23N3O3S/c1-3-30-21-12-8-7-11-20(21)22(28)26-24(31)25-18-15-13-17(14-16-18)23(29)27(2)19-9-5-4-6-10-19/h4-16H,3H2,1-2H3,(H2,25,26,28,31). The fourth-order valence-electron chi connectivity index (χ4n) is 2.93. The molecule has 0 aliphatic rings. The van der Waals surface area contributed by atoms with Crippen LogP contribution in [0.2, 0.25) is 0 Å². The molecule has 0 atom stereocenters. The zero-order valence-corrected chi connectivity index (χ0v) is 18.1. The van der Waals surface area contributed by atoms with E-state index in [0.717, 1.165) is 5.69 Å². The Balaban J connectivity index is 1.61. The minimum atomic E-state index is -0.363. The van der Waals surface area contributed by atoms with Gasteiger partial charge in [0.25, 0.3) is 11.8 Å². The van der Waals surface area contributed by atoms with Gasteiger partial charge in [-0.2, -0.15) is 0 Å². The molecule has 0 radical (unpaired) electrons. The molecule has 0 aliphatic carbocycles. The second kappa shape index (κ2) is 10.4. The minimum absolute atomic E-state index is 0.124. The highest BCUT2D eigenvalue weighted by atomic mass is 32.1. The van der Waals surface area contributed by atoms with Crippen LogP contribution in [0, 0.1) is 0 Å². The van der Waals surface area contributed by atoms with Crippen molar-refractivity contribution in [2.75, 3.05) is 23.9 Å². The number of anilines is 2. The lowest BCUT2D eigenvalue weighted by Crippen LogP contribution is -2.34. The third-order valence-corrected chi connectivity index (χ3v) is 4.70. The summed E-state index contributed by atoms with van der Waals surface area (Å²) in [5, 5.41) is 5.75. The number of carbonyl (C=O) groups excluding carboxylic acids is 2. The molecule has 0 unspecified atom stereocenters. The molecule has 3 aromatic rings. The number of para-hydroxylation sites is 2. The molecule has 3 rings (SSSR count). The molecular weight excluding hydrogens is 410 g/mol. The van der Waals surface area contributed by atoms with Crippen molar-refractivity contribution in [2.24, 2.45) is 0 Å². The van der Waals surface area contributed by atoms with Crippen molar-refractivity contribution >= 4 is 40.5 Å². The molecule has 0 aromatic heterocycles. The van der Waals surface area contributed by atoms with Crippen LogP contribution in [-0.4, -0.2) is 30.6 Å². The van der Waals surface area contributed by atoms with Crippen molar-refractivity contribution in [2.45, 2.75) is 6.92 Å².